The first-order valence-corrected chi connectivity index (χ1v) is 10.4. The van der Waals surface area contributed by atoms with Crippen molar-refractivity contribution in [3.63, 3.8) is 0 Å². The smallest absolute Gasteiger partial charge is 0.255 e. The lowest BCUT2D eigenvalue weighted by Crippen LogP contribution is -2.11. The second-order valence-electron chi connectivity index (χ2n) is 7.26. The summed E-state index contributed by atoms with van der Waals surface area (Å²) in [4.78, 5) is 12.3. The number of carbonyl (C=O) groups excluding carboxylic acids is 1. The van der Waals surface area contributed by atoms with Gasteiger partial charge in [-0.1, -0.05) is 35.9 Å². The molecule has 0 aliphatic rings. The number of ether oxygens (including phenoxy) is 1. The number of fused-ring (bicyclic) bond motifs is 3. The minimum atomic E-state index is -0.209. The van der Waals surface area contributed by atoms with Gasteiger partial charge in [-0.3, -0.25) is 4.79 Å². The summed E-state index contributed by atoms with van der Waals surface area (Å²) in [5.74, 6) is 1.04. The fourth-order valence-electron chi connectivity index (χ4n) is 3.46. The first-order chi connectivity index (χ1) is 15.6. The number of amides is 1. The summed E-state index contributed by atoms with van der Waals surface area (Å²) in [6, 6.07) is 21.8. The zero-order valence-electron chi connectivity index (χ0n) is 17.1. The average molecular weight is 444 g/mol. The van der Waals surface area contributed by atoms with Gasteiger partial charge in [-0.15, -0.1) is 10.2 Å². The Morgan fingerprint density at radius 3 is 2.44 bits per heavy atom. The largest absolute Gasteiger partial charge is 0.486 e. The molecular formula is C24H18ClN5O2. The van der Waals surface area contributed by atoms with Crippen LogP contribution in [0.5, 0.6) is 5.75 Å². The minimum absolute atomic E-state index is 0.209. The van der Waals surface area contributed by atoms with Crippen molar-refractivity contribution < 1.29 is 9.53 Å². The first-order valence-electron chi connectivity index (χ1n) is 9.98. The summed E-state index contributed by atoms with van der Waals surface area (Å²) in [6.07, 6.45) is 0. The zero-order valence-corrected chi connectivity index (χ0v) is 17.9. The number of halogens is 1. The molecule has 32 heavy (non-hydrogen) atoms. The normalized spacial score (nSPS) is 11.1. The summed E-state index contributed by atoms with van der Waals surface area (Å²) in [7, 11) is 0. The number of aromatic nitrogens is 4. The van der Waals surface area contributed by atoms with Crippen LogP contribution in [0.25, 0.3) is 16.4 Å². The maximum absolute atomic E-state index is 12.3. The molecule has 2 heterocycles. The quantitative estimate of drug-likeness (QED) is 0.410. The standard InChI is InChI=1S/C24H18ClN5O2/c1-15-20-4-2-3-5-21(20)23-28-27-22(30(23)29-15)14-32-19-12-10-18(11-13-19)26-24(31)16-6-8-17(25)9-7-16/h2-13H,14H2,1H3,(H,26,31). The van der Waals surface area contributed by atoms with E-state index in [9.17, 15) is 4.79 Å². The maximum atomic E-state index is 12.3. The Morgan fingerprint density at radius 1 is 0.969 bits per heavy atom. The Kier molecular flexibility index (Phi) is 5.17. The van der Waals surface area contributed by atoms with Crippen LogP contribution in [0.4, 0.5) is 5.69 Å². The molecule has 158 valence electrons. The van der Waals surface area contributed by atoms with Crippen molar-refractivity contribution in [3.05, 3.63) is 94.9 Å². The van der Waals surface area contributed by atoms with Crippen molar-refractivity contribution in [3.8, 4) is 5.75 Å². The summed E-state index contributed by atoms with van der Waals surface area (Å²) in [5.41, 5.74) is 2.79. The maximum Gasteiger partial charge on any atom is 0.255 e. The van der Waals surface area contributed by atoms with Gasteiger partial charge in [0.2, 0.25) is 0 Å². The molecule has 5 aromatic rings. The summed E-state index contributed by atoms with van der Waals surface area (Å²) in [6.45, 7) is 2.17. The molecule has 0 atom stereocenters. The van der Waals surface area contributed by atoms with Crippen LogP contribution in [0.15, 0.2) is 72.8 Å². The van der Waals surface area contributed by atoms with Crippen LogP contribution in [-0.2, 0) is 6.61 Å². The third kappa shape index (κ3) is 3.86. The number of aryl methyl sites for hydroxylation is 1. The van der Waals surface area contributed by atoms with E-state index in [1.165, 1.54) is 0 Å². The van der Waals surface area contributed by atoms with E-state index >= 15 is 0 Å². The van der Waals surface area contributed by atoms with Crippen LogP contribution in [0.2, 0.25) is 5.02 Å². The number of benzene rings is 3. The minimum Gasteiger partial charge on any atom is -0.486 e. The number of anilines is 1. The van der Waals surface area contributed by atoms with Crippen LogP contribution in [0.1, 0.15) is 21.9 Å². The van der Waals surface area contributed by atoms with Gasteiger partial charge in [-0.25, -0.2) is 0 Å². The third-order valence-corrected chi connectivity index (χ3v) is 5.35. The van der Waals surface area contributed by atoms with Crippen molar-refractivity contribution in [2.45, 2.75) is 13.5 Å². The highest BCUT2D eigenvalue weighted by atomic mass is 35.5. The van der Waals surface area contributed by atoms with Gasteiger partial charge >= 0.3 is 0 Å². The molecule has 8 heteroatoms. The molecule has 7 nitrogen and oxygen atoms in total. The number of rotatable bonds is 5. The van der Waals surface area contributed by atoms with E-state index in [1.807, 2.05) is 31.2 Å². The van der Waals surface area contributed by atoms with Gasteiger partial charge in [0, 0.05) is 27.0 Å². The van der Waals surface area contributed by atoms with Crippen molar-refractivity contribution in [1.82, 2.24) is 19.8 Å². The van der Waals surface area contributed by atoms with Gasteiger partial charge in [-0.2, -0.15) is 9.61 Å². The van der Waals surface area contributed by atoms with E-state index in [4.69, 9.17) is 16.3 Å². The molecule has 3 aromatic carbocycles. The topological polar surface area (TPSA) is 81.4 Å². The van der Waals surface area contributed by atoms with Gasteiger partial charge in [0.05, 0.1) is 5.69 Å². The SMILES string of the molecule is Cc1nn2c(COc3ccc(NC(=O)c4ccc(Cl)cc4)cc3)nnc2c2ccccc12. The molecule has 0 fully saturated rings. The molecule has 2 aromatic heterocycles. The molecule has 0 aliphatic heterocycles. The molecule has 1 N–H and O–H groups in total. The van der Waals surface area contributed by atoms with E-state index < -0.39 is 0 Å². The second-order valence-corrected chi connectivity index (χ2v) is 7.69. The van der Waals surface area contributed by atoms with Crippen LogP contribution in [0.3, 0.4) is 0 Å². The van der Waals surface area contributed by atoms with E-state index in [0.717, 1.165) is 16.5 Å². The van der Waals surface area contributed by atoms with Gasteiger partial charge in [-0.05, 0) is 55.5 Å². The monoisotopic (exact) mass is 443 g/mol. The lowest BCUT2D eigenvalue weighted by atomic mass is 10.1. The predicted octanol–water partition coefficient (Wildman–Crippen LogP) is 5.07. The van der Waals surface area contributed by atoms with Crippen LogP contribution in [-0.4, -0.2) is 25.7 Å². The third-order valence-electron chi connectivity index (χ3n) is 5.10. The fourth-order valence-corrected chi connectivity index (χ4v) is 3.59. The van der Waals surface area contributed by atoms with E-state index in [-0.39, 0.29) is 12.5 Å². The molecular weight excluding hydrogens is 426 g/mol. The highest BCUT2D eigenvalue weighted by Crippen LogP contribution is 2.22. The summed E-state index contributed by atoms with van der Waals surface area (Å²) < 4.78 is 7.60. The molecule has 5 rings (SSSR count). The van der Waals surface area contributed by atoms with Gasteiger partial charge in [0.25, 0.3) is 5.91 Å². The Bertz CT molecular complexity index is 1430. The van der Waals surface area contributed by atoms with Gasteiger partial charge < -0.3 is 10.1 Å². The zero-order chi connectivity index (χ0) is 22.1. The molecule has 0 bridgehead atoms. The van der Waals surface area contributed by atoms with E-state index in [1.54, 1.807) is 53.0 Å². The van der Waals surface area contributed by atoms with Gasteiger partial charge in [0.15, 0.2) is 11.5 Å². The van der Waals surface area contributed by atoms with Gasteiger partial charge in [0.1, 0.15) is 12.4 Å². The van der Waals surface area contributed by atoms with Crippen molar-refractivity contribution >= 4 is 39.6 Å². The molecule has 0 saturated heterocycles. The lowest BCUT2D eigenvalue weighted by Gasteiger charge is -2.08. The van der Waals surface area contributed by atoms with Crippen LogP contribution in [0, 0.1) is 6.92 Å². The average Bonchev–Trinajstić information content (AvgIpc) is 3.22. The number of hydrogen-bond donors (Lipinski definition) is 1. The van der Waals surface area contributed by atoms with E-state index in [0.29, 0.717) is 33.5 Å². The predicted molar refractivity (Wildman–Crippen MR) is 123 cm³/mol. The fraction of sp³-hybridized carbons (Fsp3) is 0.0833. The number of nitrogens with zero attached hydrogens (tertiary/aromatic N) is 4. The summed E-state index contributed by atoms with van der Waals surface area (Å²) >= 11 is 5.87. The Hall–Kier alpha value is -3.97. The van der Waals surface area contributed by atoms with Crippen LogP contribution < -0.4 is 10.1 Å². The van der Waals surface area contributed by atoms with Crippen molar-refractivity contribution in [2.24, 2.45) is 0 Å². The summed E-state index contributed by atoms with van der Waals surface area (Å²) in [5, 5.41) is 18.7. The molecule has 0 aliphatic carbocycles. The van der Waals surface area contributed by atoms with Crippen molar-refractivity contribution in [1.29, 1.82) is 0 Å². The Labute approximate surface area is 188 Å². The highest BCUT2D eigenvalue weighted by Gasteiger charge is 2.13. The number of carbonyl (C=O) groups is 1. The second kappa shape index (κ2) is 8.28. The van der Waals surface area contributed by atoms with Crippen LogP contribution >= 0.6 is 11.6 Å². The lowest BCUT2D eigenvalue weighted by molar-refractivity contribution is 0.102. The molecule has 0 spiro atoms. The number of nitrogens with one attached hydrogen (secondary N) is 1. The van der Waals surface area contributed by atoms with Crippen molar-refractivity contribution in [2.75, 3.05) is 5.32 Å². The highest BCUT2D eigenvalue weighted by molar-refractivity contribution is 6.30. The first kappa shape index (κ1) is 20.0. The molecule has 0 unspecified atom stereocenters. The number of hydrogen-bond acceptors (Lipinski definition) is 5. The Balaban J connectivity index is 1.29. The van der Waals surface area contributed by atoms with E-state index in [2.05, 4.69) is 20.6 Å². The molecule has 1 amide bonds. The molecule has 0 saturated carbocycles. The molecule has 0 radical (unpaired) electrons. The Morgan fingerprint density at radius 2 is 1.69 bits per heavy atom.